The van der Waals surface area contributed by atoms with Crippen LogP contribution in [0.15, 0.2) is 36.5 Å². The van der Waals surface area contributed by atoms with Crippen molar-refractivity contribution in [3.8, 4) is 5.75 Å². The number of anilines is 1. The van der Waals surface area contributed by atoms with Gasteiger partial charge in [0.05, 0.1) is 5.02 Å². The van der Waals surface area contributed by atoms with E-state index in [1.54, 1.807) is 36.2 Å². The Morgan fingerprint density at radius 2 is 1.96 bits per heavy atom. The Balaban J connectivity index is 1.56. The fourth-order valence-electron chi connectivity index (χ4n) is 2.69. The van der Waals surface area contributed by atoms with E-state index in [0.29, 0.717) is 42.0 Å². The van der Waals surface area contributed by atoms with Crippen molar-refractivity contribution in [3.05, 3.63) is 46.6 Å². The zero-order chi connectivity index (χ0) is 17.8. The number of hydrogen-bond acceptors (Lipinski definition) is 5. The Kier molecular flexibility index (Phi) is 5.60. The number of benzene rings is 1. The number of ether oxygens (including phenoxy) is 1. The molecule has 2 heterocycles. The number of rotatable bonds is 4. The minimum atomic E-state index is -0.623. The third-order valence-electron chi connectivity index (χ3n) is 4.02. The monoisotopic (exact) mass is 380 g/mol. The highest BCUT2D eigenvalue weighted by molar-refractivity contribution is 6.35. The zero-order valence-electron chi connectivity index (χ0n) is 13.7. The molecular formula is C17H18Cl2N4O2. The van der Waals surface area contributed by atoms with Gasteiger partial charge in [-0.25, -0.2) is 0 Å². The number of piperazine rings is 1. The van der Waals surface area contributed by atoms with Crippen LogP contribution in [0, 0.1) is 0 Å². The van der Waals surface area contributed by atoms with Gasteiger partial charge in [-0.05, 0) is 37.3 Å². The van der Waals surface area contributed by atoms with Crippen LogP contribution in [-0.4, -0.2) is 53.3 Å². The van der Waals surface area contributed by atoms with Gasteiger partial charge in [0.2, 0.25) is 0 Å². The molecule has 1 fully saturated rings. The average molecular weight is 381 g/mol. The summed E-state index contributed by atoms with van der Waals surface area (Å²) in [6.07, 6.45) is 1.02. The van der Waals surface area contributed by atoms with Gasteiger partial charge in [0, 0.05) is 37.4 Å². The van der Waals surface area contributed by atoms with Crippen molar-refractivity contribution < 1.29 is 9.53 Å². The molecule has 0 bridgehead atoms. The number of aromatic nitrogens is 2. The molecule has 1 unspecified atom stereocenters. The van der Waals surface area contributed by atoms with Crippen LogP contribution in [0.5, 0.6) is 5.75 Å². The number of hydrogen-bond donors (Lipinski definition) is 0. The van der Waals surface area contributed by atoms with Crippen molar-refractivity contribution in [3.63, 3.8) is 0 Å². The molecule has 1 aliphatic rings. The van der Waals surface area contributed by atoms with Crippen molar-refractivity contribution in [1.82, 2.24) is 15.1 Å². The topological polar surface area (TPSA) is 58.6 Å². The van der Waals surface area contributed by atoms with Crippen molar-refractivity contribution in [2.24, 2.45) is 0 Å². The Bertz CT molecular complexity index is 737. The molecule has 1 aliphatic heterocycles. The predicted molar refractivity (Wildman–Crippen MR) is 97.4 cm³/mol. The van der Waals surface area contributed by atoms with E-state index >= 15 is 0 Å². The summed E-state index contributed by atoms with van der Waals surface area (Å²) in [6, 6.07) is 8.71. The van der Waals surface area contributed by atoms with Crippen LogP contribution in [0.3, 0.4) is 0 Å². The van der Waals surface area contributed by atoms with Gasteiger partial charge in [0.15, 0.2) is 11.9 Å². The van der Waals surface area contributed by atoms with Gasteiger partial charge in [0.25, 0.3) is 5.91 Å². The van der Waals surface area contributed by atoms with E-state index in [4.69, 9.17) is 27.9 Å². The smallest absolute Gasteiger partial charge is 0.263 e. The normalized spacial score (nSPS) is 15.8. The average Bonchev–Trinajstić information content (AvgIpc) is 2.64. The lowest BCUT2D eigenvalue weighted by Gasteiger charge is -2.36. The van der Waals surface area contributed by atoms with Gasteiger partial charge in [0.1, 0.15) is 5.75 Å². The van der Waals surface area contributed by atoms with E-state index in [2.05, 4.69) is 15.1 Å². The van der Waals surface area contributed by atoms with Gasteiger partial charge in [-0.2, -0.15) is 5.10 Å². The molecule has 0 aliphatic carbocycles. The molecule has 25 heavy (non-hydrogen) atoms. The number of carbonyl (C=O) groups excluding carboxylic acids is 1. The summed E-state index contributed by atoms with van der Waals surface area (Å²) in [5.41, 5.74) is 0. The summed E-state index contributed by atoms with van der Waals surface area (Å²) in [5.74, 6) is 1.21. The maximum absolute atomic E-state index is 12.6. The first-order valence-corrected chi connectivity index (χ1v) is 8.73. The first-order chi connectivity index (χ1) is 12.0. The van der Waals surface area contributed by atoms with Crippen molar-refractivity contribution >= 4 is 34.9 Å². The molecule has 0 radical (unpaired) electrons. The Hall–Kier alpha value is -2.05. The molecule has 1 aromatic heterocycles. The molecule has 0 saturated carbocycles. The summed E-state index contributed by atoms with van der Waals surface area (Å²) in [4.78, 5) is 16.5. The lowest BCUT2D eigenvalue weighted by atomic mass is 10.2. The van der Waals surface area contributed by atoms with E-state index in [9.17, 15) is 4.79 Å². The van der Waals surface area contributed by atoms with Crippen LogP contribution in [0.1, 0.15) is 6.92 Å². The van der Waals surface area contributed by atoms with Gasteiger partial charge in [-0.15, -0.1) is 5.10 Å². The van der Waals surface area contributed by atoms with Crippen LogP contribution in [-0.2, 0) is 4.79 Å². The molecule has 2 aromatic rings. The number of carbonyl (C=O) groups is 1. The molecule has 3 rings (SSSR count). The highest BCUT2D eigenvalue weighted by Gasteiger charge is 2.27. The van der Waals surface area contributed by atoms with E-state index in [0.717, 1.165) is 5.82 Å². The molecule has 1 aromatic carbocycles. The quantitative estimate of drug-likeness (QED) is 0.815. The summed E-state index contributed by atoms with van der Waals surface area (Å²) in [7, 11) is 0. The molecule has 0 spiro atoms. The minimum absolute atomic E-state index is 0.0650. The Morgan fingerprint density at radius 1 is 1.20 bits per heavy atom. The van der Waals surface area contributed by atoms with Crippen molar-refractivity contribution in [1.29, 1.82) is 0 Å². The molecular weight excluding hydrogens is 363 g/mol. The van der Waals surface area contributed by atoms with Crippen molar-refractivity contribution in [2.75, 3.05) is 31.1 Å². The largest absolute Gasteiger partial charge is 0.479 e. The molecule has 0 N–H and O–H groups in total. The minimum Gasteiger partial charge on any atom is -0.479 e. The Morgan fingerprint density at radius 3 is 2.60 bits per heavy atom. The van der Waals surface area contributed by atoms with Crippen LogP contribution in [0.2, 0.25) is 10.0 Å². The summed E-state index contributed by atoms with van der Waals surface area (Å²) < 4.78 is 5.71. The molecule has 1 atom stereocenters. The number of nitrogens with zero attached hydrogens (tertiary/aromatic N) is 4. The SMILES string of the molecule is CC(Oc1ccc(Cl)cc1Cl)C(=O)N1CCN(c2cccnn2)CC1. The molecule has 1 amide bonds. The third kappa shape index (κ3) is 4.32. The highest BCUT2D eigenvalue weighted by atomic mass is 35.5. The van der Waals surface area contributed by atoms with E-state index in [-0.39, 0.29) is 5.91 Å². The van der Waals surface area contributed by atoms with Gasteiger partial charge in [-0.3, -0.25) is 4.79 Å². The summed E-state index contributed by atoms with van der Waals surface area (Å²) in [6.45, 7) is 4.36. The number of amides is 1. The highest BCUT2D eigenvalue weighted by Crippen LogP contribution is 2.28. The predicted octanol–water partition coefficient (Wildman–Crippen LogP) is 2.90. The molecule has 6 nitrogen and oxygen atoms in total. The zero-order valence-corrected chi connectivity index (χ0v) is 15.2. The first-order valence-electron chi connectivity index (χ1n) is 7.98. The second kappa shape index (κ2) is 7.89. The maximum Gasteiger partial charge on any atom is 0.263 e. The summed E-state index contributed by atoms with van der Waals surface area (Å²) in [5, 5.41) is 8.90. The second-order valence-corrected chi connectivity index (χ2v) is 6.57. The van der Waals surface area contributed by atoms with E-state index in [1.165, 1.54) is 0 Å². The van der Waals surface area contributed by atoms with Crippen LogP contribution in [0.4, 0.5) is 5.82 Å². The van der Waals surface area contributed by atoms with E-state index < -0.39 is 6.10 Å². The second-order valence-electron chi connectivity index (χ2n) is 5.73. The first kappa shape index (κ1) is 17.8. The lowest BCUT2D eigenvalue weighted by molar-refractivity contribution is -0.138. The fourth-order valence-corrected chi connectivity index (χ4v) is 3.14. The van der Waals surface area contributed by atoms with Gasteiger partial charge in [-0.1, -0.05) is 23.2 Å². The molecule has 8 heteroatoms. The van der Waals surface area contributed by atoms with Crippen LogP contribution >= 0.6 is 23.2 Å². The van der Waals surface area contributed by atoms with Gasteiger partial charge >= 0.3 is 0 Å². The molecule has 1 saturated heterocycles. The third-order valence-corrected chi connectivity index (χ3v) is 4.55. The lowest BCUT2D eigenvalue weighted by Crippen LogP contribution is -2.52. The summed E-state index contributed by atoms with van der Waals surface area (Å²) >= 11 is 12.0. The molecule has 132 valence electrons. The van der Waals surface area contributed by atoms with Gasteiger partial charge < -0.3 is 14.5 Å². The van der Waals surface area contributed by atoms with Crippen molar-refractivity contribution in [2.45, 2.75) is 13.0 Å². The maximum atomic E-state index is 12.6. The standard InChI is InChI=1S/C17H18Cl2N4O2/c1-12(25-15-5-4-13(18)11-14(15)19)17(24)23-9-7-22(8-10-23)16-3-2-6-20-21-16/h2-6,11-12H,7-10H2,1H3. The number of halogens is 2. The van der Waals surface area contributed by atoms with E-state index in [1.807, 2.05) is 12.1 Å². The van der Waals surface area contributed by atoms with Crippen LogP contribution in [0.25, 0.3) is 0 Å². The van der Waals surface area contributed by atoms with Crippen LogP contribution < -0.4 is 9.64 Å². The Labute approximate surface area is 156 Å². The fraction of sp³-hybridized carbons (Fsp3) is 0.353.